The van der Waals surface area contributed by atoms with Gasteiger partial charge < -0.3 is 21.9 Å². The molecule has 0 fully saturated rings. The molecular formula is C13H12N4O4. The third-order valence-electron chi connectivity index (χ3n) is 2.73. The van der Waals surface area contributed by atoms with Gasteiger partial charge in [-0.3, -0.25) is 14.9 Å². The maximum absolute atomic E-state index is 11.1. The molecule has 0 bridgehead atoms. The number of benzene rings is 2. The molecule has 0 atom stereocenters. The van der Waals surface area contributed by atoms with Crippen LogP contribution in [0.25, 0.3) is 0 Å². The smallest absolute Gasteiger partial charge is 0.312 e. The lowest BCUT2D eigenvalue weighted by atomic mass is 10.2. The SMILES string of the molecule is NC(=O)c1ccc(Oc2ccc(N)c(N)c2)c([N+](=O)[O-])c1. The third kappa shape index (κ3) is 3.00. The van der Waals surface area contributed by atoms with E-state index in [1.807, 2.05) is 0 Å². The molecule has 0 spiro atoms. The maximum atomic E-state index is 11.1. The number of carbonyl (C=O) groups excluding carboxylic acids is 1. The van der Waals surface area contributed by atoms with Gasteiger partial charge in [-0.2, -0.15) is 0 Å². The van der Waals surface area contributed by atoms with Gasteiger partial charge >= 0.3 is 5.69 Å². The van der Waals surface area contributed by atoms with Crippen LogP contribution in [0, 0.1) is 10.1 Å². The van der Waals surface area contributed by atoms with Crippen LogP contribution in [0.3, 0.4) is 0 Å². The van der Waals surface area contributed by atoms with E-state index in [-0.39, 0.29) is 22.7 Å². The molecule has 0 radical (unpaired) electrons. The van der Waals surface area contributed by atoms with Crippen molar-refractivity contribution in [3.05, 3.63) is 52.1 Å². The second-order valence-corrected chi connectivity index (χ2v) is 4.20. The number of rotatable bonds is 4. The molecule has 0 aliphatic carbocycles. The molecule has 0 saturated heterocycles. The summed E-state index contributed by atoms with van der Waals surface area (Å²) in [4.78, 5) is 21.4. The van der Waals surface area contributed by atoms with Crippen LogP contribution in [-0.2, 0) is 0 Å². The Labute approximate surface area is 119 Å². The van der Waals surface area contributed by atoms with E-state index in [2.05, 4.69) is 0 Å². The van der Waals surface area contributed by atoms with Gasteiger partial charge in [-0.25, -0.2) is 0 Å². The van der Waals surface area contributed by atoms with Gasteiger partial charge in [0.15, 0.2) is 0 Å². The lowest BCUT2D eigenvalue weighted by molar-refractivity contribution is -0.385. The summed E-state index contributed by atoms with van der Waals surface area (Å²) in [6, 6.07) is 8.18. The fraction of sp³-hybridized carbons (Fsp3) is 0. The Balaban J connectivity index is 2.41. The molecule has 0 aliphatic heterocycles. The summed E-state index contributed by atoms with van der Waals surface area (Å²) in [6.07, 6.45) is 0. The third-order valence-corrected chi connectivity index (χ3v) is 2.73. The van der Waals surface area contributed by atoms with Crippen LogP contribution in [0.1, 0.15) is 10.4 Å². The van der Waals surface area contributed by atoms with Crippen LogP contribution in [0.4, 0.5) is 17.1 Å². The van der Waals surface area contributed by atoms with E-state index in [0.29, 0.717) is 11.4 Å². The molecular weight excluding hydrogens is 276 g/mol. The number of carbonyl (C=O) groups is 1. The fourth-order valence-corrected chi connectivity index (χ4v) is 1.64. The van der Waals surface area contributed by atoms with Gasteiger partial charge in [0.25, 0.3) is 0 Å². The minimum Gasteiger partial charge on any atom is -0.450 e. The van der Waals surface area contributed by atoms with Gasteiger partial charge in [0.1, 0.15) is 5.75 Å². The number of ether oxygens (including phenoxy) is 1. The molecule has 2 aromatic carbocycles. The molecule has 0 aliphatic rings. The first kappa shape index (κ1) is 14.1. The average molecular weight is 288 g/mol. The van der Waals surface area contributed by atoms with E-state index < -0.39 is 10.8 Å². The summed E-state index contributed by atoms with van der Waals surface area (Å²) in [5, 5.41) is 11.0. The number of hydrogen-bond acceptors (Lipinski definition) is 6. The van der Waals surface area contributed by atoms with E-state index in [0.717, 1.165) is 6.07 Å². The first-order valence-corrected chi connectivity index (χ1v) is 5.79. The fourth-order valence-electron chi connectivity index (χ4n) is 1.64. The summed E-state index contributed by atoms with van der Waals surface area (Å²) in [5.41, 5.74) is 16.6. The Morgan fingerprint density at radius 1 is 1.10 bits per heavy atom. The Morgan fingerprint density at radius 2 is 1.81 bits per heavy atom. The summed E-state index contributed by atoms with van der Waals surface area (Å²) in [6.45, 7) is 0. The van der Waals surface area contributed by atoms with Crippen LogP contribution >= 0.6 is 0 Å². The van der Waals surface area contributed by atoms with E-state index >= 15 is 0 Å². The number of nitrogens with two attached hydrogens (primary N) is 3. The number of nitro benzene ring substituents is 1. The Bertz CT molecular complexity index is 730. The molecule has 0 heterocycles. The van der Waals surface area contributed by atoms with E-state index in [1.54, 1.807) is 0 Å². The molecule has 21 heavy (non-hydrogen) atoms. The van der Waals surface area contributed by atoms with Crippen molar-refractivity contribution in [3.63, 3.8) is 0 Å². The van der Waals surface area contributed by atoms with E-state index in [1.165, 1.54) is 30.3 Å². The number of nitro groups is 1. The van der Waals surface area contributed by atoms with Crippen molar-refractivity contribution >= 4 is 23.0 Å². The van der Waals surface area contributed by atoms with Crippen molar-refractivity contribution in [3.8, 4) is 11.5 Å². The highest BCUT2D eigenvalue weighted by Crippen LogP contribution is 2.33. The zero-order chi connectivity index (χ0) is 15.6. The largest absolute Gasteiger partial charge is 0.450 e. The van der Waals surface area contributed by atoms with Gasteiger partial charge in [0.2, 0.25) is 11.7 Å². The molecule has 0 saturated carbocycles. The predicted molar refractivity (Wildman–Crippen MR) is 77.0 cm³/mol. The molecule has 8 nitrogen and oxygen atoms in total. The minimum absolute atomic E-state index is 0.0193. The monoisotopic (exact) mass is 288 g/mol. The highest BCUT2D eigenvalue weighted by Gasteiger charge is 2.18. The zero-order valence-electron chi connectivity index (χ0n) is 10.8. The molecule has 108 valence electrons. The average Bonchev–Trinajstić information content (AvgIpc) is 2.43. The quantitative estimate of drug-likeness (QED) is 0.442. The molecule has 0 aromatic heterocycles. The lowest BCUT2D eigenvalue weighted by Gasteiger charge is -2.08. The van der Waals surface area contributed by atoms with Crippen molar-refractivity contribution in [2.24, 2.45) is 5.73 Å². The molecule has 2 rings (SSSR count). The van der Waals surface area contributed by atoms with Crippen molar-refractivity contribution in [2.75, 3.05) is 11.5 Å². The van der Waals surface area contributed by atoms with Crippen molar-refractivity contribution < 1.29 is 14.5 Å². The second-order valence-electron chi connectivity index (χ2n) is 4.20. The van der Waals surface area contributed by atoms with Crippen LogP contribution < -0.4 is 21.9 Å². The summed E-state index contributed by atoms with van der Waals surface area (Å²) < 4.78 is 5.41. The van der Waals surface area contributed by atoms with Gasteiger partial charge in [-0.05, 0) is 24.3 Å². The van der Waals surface area contributed by atoms with Crippen LogP contribution in [-0.4, -0.2) is 10.8 Å². The molecule has 1 amide bonds. The molecule has 8 heteroatoms. The van der Waals surface area contributed by atoms with Crippen LogP contribution in [0.15, 0.2) is 36.4 Å². The lowest BCUT2D eigenvalue weighted by Crippen LogP contribution is -2.11. The Kier molecular flexibility index (Phi) is 3.61. The van der Waals surface area contributed by atoms with Crippen molar-refractivity contribution in [2.45, 2.75) is 0 Å². The van der Waals surface area contributed by atoms with Gasteiger partial charge in [-0.1, -0.05) is 0 Å². The summed E-state index contributed by atoms with van der Waals surface area (Å²) >= 11 is 0. The standard InChI is InChI=1S/C13H12N4O4/c14-9-3-2-8(6-10(9)15)21-12-4-1-7(13(16)18)5-11(12)17(19)20/h1-6H,14-15H2,(H2,16,18). The predicted octanol–water partition coefficient (Wildman–Crippen LogP) is 1.65. The highest BCUT2D eigenvalue weighted by molar-refractivity contribution is 5.93. The zero-order valence-corrected chi connectivity index (χ0v) is 10.8. The molecule has 0 unspecified atom stereocenters. The Morgan fingerprint density at radius 3 is 2.38 bits per heavy atom. The van der Waals surface area contributed by atoms with Gasteiger partial charge in [0, 0.05) is 17.7 Å². The highest BCUT2D eigenvalue weighted by atomic mass is 16.6. The Hall–Kier alpha value is -3.29. The number of primary amides is 1. The van der Waals surface area contributed by atoms with E-state index in [4.69, 9.17) is 21.9 Å². The first-order chi connectivity index (χ1) is 9.88. The van der Waals surface area contributed by atoms with E-state index in [9.17, 15) is 14.9 Å². The van der Waals surface area contributed by atoms with Crippen molar-refractivity contribution in [1.29, 1.82) is 0 Å². The maximum Gasteiger partial charge on any atom is 0.312 e. The second kappa shape index (κ2) is 5.37. The number of amides is 1. The number of anilines is 2. The first-order valence-electron chi connectivity index (χ1n) is 5.79. The van der Waals surface area contributed by atoms with Gasteiger partial charge in [0.05, 0.1) is 16.3 Å². The molecule has 2 aromatic rings. The normalized spacial score (nSPS) is 10.1. The minimum atomic E-state index is -0.763. The molecule has 6 N–H and O–H groups in total. The van der Waals surface area contributed by atoms with Gasteiger partial charge in [-0.15, -0.1) is 0 Å². The number of nitrogen functional groups attached to an aromatic ring is 2. The topological polar surface area (TPSA) is 148 Å². The summed E-state index contributed by atoms with van der Waals surface area (Å²) in [7, 11) is 0. The van der Waals surface area contributed by atoms with Crippen LogP contribution in [0.2, 0.25) is 0 Å². The summed E-state index contributed by atoms with van der Waals surface area (Å²) in [5.74, 6) is -0.507. The number of hydrogen-bond donors (Lipinski definition) is 3. The van der Waals surface area contributed by atoms with Crippen molar-refractivity contribution in [1.82, 2.24) is 0 Å². The number of nitrogens with zero attached hydrogens (tertiary/aromatic N) is 1. The van der Waals surface area contributed by atoms with Crippen LogP contribution in [0.5, 0.6) is 11.5 Å².